The van der Waals surface area contributed by atoms with Crippen molar-refractivity contribution in [1.82, 2.24) is 0 Å². The normalized spacial score (nSPS) is 24.0. The lowest BCUT2D eigenvalue weighted by atomic mass is 9.68. The van der Waals surface area contributed by atoms with Gasteiger partial charge in [0, 0.05) is 18.3 Å². The van der Waals surface area contributed by atoms with E-state index >= 15 is 0 Å². The lowest BCUT2D eigenvalue weighted by Gasteiger charge is -2.34. The monoisotopic (exact) mass is 218 g/mol. The predicted molar refractivity (Wildman–Crippen MR) is 63.8 cm³/mol. The Morgan fingerprint density at radius 2 is 2.19 bits per heavy atom. The molecule has 0 saturated heterocycles. The van der Waals surface area contributed by atoms with Crippen LogP contribution in [0.5, 0.6) is 5.75 Å². The highest BCUT2D eigenvalue weighted by Gasteiger charge is 2.38. The van der Waals surface area contributed by atoms with E-state index in [9.17, 15) is 4.79 Å². The third-order valence-electron chi connectivity index (χ3n) is 3.36. The quantitative estimate of drug-likeness (QED) is 0.776. The highest BCUT2D eigenvalue weighted by Crippen LogP contribution is 2.42. The van der Waals surface area contributed by atoms with Gasteiger partial charge in [0.15, 0.2) is 0 Å². The first kappa shape index (κ1) is 11.2. The van der Waals surface area contributed by atoms with E-state index in [-0.39, 0.29) is 5.92 Å². The molecule has 0 N–H and O–H groups in total. The number of carbonyl (C=O) groups is 1. The number of hydrogen-bond acceptors (Lipinski definition) is 2. The number of ketones is 1. The minimum absolute atomic E-state index is 0.233. The van der Waals surface area contributed by atoms with Crippen LogP contribution in [0.15, 0.2) is 24.3 Å². The van der Waals surface area contributed by atoms with Crippen molar-refractivity contribution in [2.24, 2.45) is 5.92 Å². The number of rotatable bonds is 4. The molecule has 0 aliphatic heterocycles. The lowest BCUT2D eigenvalue weighted by molar-refractivity contribution is -0.131. The Morgan fingerprint density at radius 1 is 1.38 bits per heavy atom. The third-order valence-corrected chi connectivity index (χ3v) is 3.36. The van der Waals surface area contributed by atoms with Crippen molar-refractivity contribution >= 4 is 5.78 Å². The Morgan fingerprint density at radius 3 is 2.81 bits per heavy atom. The molecule has 0 aromatic heterocycles. The Labute approximate surface area is 96.6 Å². The van der Waals surface area contributed by atoms with Crippen LogP contribution in [0.4, 0.5) is 0 Å². The Bertz CT molecular complexity index is 384. The van der Waals surface area contributed by atoms with E-state index in [0.29, 0.717) is 24.7 Å². The largest absolute Gasteiger partial charge is 0.494 e. The van der Waals surface area contributed by atoms with Gasteiger partial charge in [-0.05, 0) is 31.0 Å². The van der Waals surface area contributed by atoms with Gasteiger partial charge in [-0.2, -0.15) is 0 Å². The second-order valence-corrected chi connectivity index (χ2v) is 4.30. The van der Waals surface area contributed by atoms with Gasteiger partial charge in [-0.3, -0.25) is 4.79 Å². The maximum Gasteiger partial charge on any atom is 0.137 e. The third kappa shape index (κ3) is 1.97. The van der Waals surface area contributed by atoms with Crippen LogP contribution in [0.25, 0.3) is 0 Å². The van der Waals surface area contributed by atoms with Crippen molar-refractivity contribution in [3.8, 4) is 5.75 Å². The molecule has 2 heteroatoms. The summed E-state index contributed by atoms with van der Waals surface area (Å²) in [5.74, 6) is 1.97. The molecule has 2 unspecified atom stereocenters. The van der Waals surface area contributed by atoms with E-state index in [1.165, 1.54) is 5.56 Å². The SMILES string of the molecule is CCOc1cccc(C2CC(=O)C2CC)c1. The van der Waals surface area contributed by atoms with Crippen LogP contribution in [0.3, 0.4) is 0 Å². The summed E-state index contributed by atoms with van der Waals surface area (Å²) in [5.41, 5.74) is 1.25. The average molecular weight is 218 g/mol. The molecule has 0 spiro atoms. The molecule has 16 heavy (non-hydrogen) atoms. The highest BCUT2D eigenvalue weighted by atomic mass is 16.5. The molecule has 1 saturated carbocycles. The summed E-state index contributed by atoms with van der Waals surface area (Å²) in [5, 5.41) is 0. The number of benzene rings is 1. The van der Waals surface area contributed by atoms with Gasteiger partial charge < -0.3 is 4.74 Å². The van der Waals surface area contributed by atoms with Crippen molar-refractivity contribution in [3.05, 3.63) is 29.8 Å². The zero-order chi connectivity index (χ0) is 11.5. The summed E-state index contributed by atoms with van der Waals surface area (Å²) in [6.07, 6.45) is 1.65. The van der Waals surface area contributed by atoms with E-state index in [1.807, 2.05) is 19.1 Å². The van der Waals surface area contributed by atoms with Crippen LogP contribution in [-0.2, 0) is 4.79 Å². The first-order valence-corrected chi connectivity index (χ1v) is 6.01. The van der Waals surface area contributed by atoms with E-state index in [2.05, 4.69) is 19.1 Å². The molecule has 2 rings (SSSR count). The van der Waals surface area contributed by atoms with Gasteiger partial charge in [-0.1, -0.05) is 19.1 Å². The molecule has 0 heterocycles. The fourth-order valence-corrected chi connectivity index (χ4v) is 2.44. The molecule has 1 fully saturated rings. The van der Waals surface area contributed by atoms with Gasteiger partial charge in [0.2, 0.25) is 0 Å². The Balaban J connectivity index is 2.15. The molecule has 86 valence electrons. The van der Waals surface area contributed by atoms with Crippen LogP contribution < -0.4 is 4.74 Å². The van der Waals surface area contributed by atoms with Gasteiger partial charge in [-0.25, -0.2) is 0 Å². The predicted octanol–water partition coefficient (Wildman–Crippen LogP) is 3.17. The highest BCUT2D eigenvalue weighted by molar-refractivity contribution is 5.89. The van der Waals surface area contributed by atoms with E-state index < -0.39 is 0 Å². The van der Waals surface area contributed by atoms with Gasteiger partial charge in [0.25, 0.3) is 0 Å². The first-order chi connectivity index (χ1) is 7.76. The smallest absolute Gasteiger partial charge is 0.137 e. The summed E-state index contributed by atoms with van der Waals surface area (Å²) >= 11 is 0. The van der Waals surface area contributed by atoms with Crippen molar-refractivity contribution in [2.75, 3.05) is 6.61 Å². The van der Waals surface area contributed by atoms with Crippen LogP contribution in [0, 0.1) is 5.92 Å². The van der Waals surface area contributed by atoms with Crippen LogP contribution in [0.1, 0.15) is 38.2 Å². The minimum atomic E-state index is 0.233. The van der Waals surface area contributed by atoms with Crippen LogP contribution in [0.2, 0.25) is 0 Å². The Hall–Kier alpha value is -1.31. The van der Waals surface area contributed by atoms with Crippen LogP contribution in [-0.4, -0.2) is 12.4 Å². The molecule has 1 aliphatic carbocycles. The van der Waals surface area contributed by atoms with E-state index in [1.54, 1.807) is 0 Å². The summed E-state index contributed by atoms with van der Waals surface area (Å²) < 4.78 is 5.48. The summed E-state index contributed by atoms with van der Waals surface area (Å²) in [7, 11) is 0. The number of hydrogen-bond donors (Lipinski definition) is 0. The van der Waals surface area contributed by atoms with Gasteiger partial charge in [0.05, 0.1) is 6.61 Å². The first-order valence-electron chi connectivity index (χ1n) is 6.01. The number of ether oxygens (including phenoxy) is 1. The molecule has 2 atom stereocenters. The zero-order valence-electron chi connectivity index (χ0n) is 9.90. The molecule has 1 aliphatic rings. The number of Topliss-reactive ketones (excluding diaryl/α,β-unsaturated/α-hetero) is 1. The van der Waals surface area contributed by atoms with Crippen molar-refractivity contribution < 1.29 is 9.53 Å². The molecule has 0 radical (unpaired) electrons. The minimum Gasteiger partial charge on any atom is -0.494 e. The fourth-order valence-electron chi connectivity index (χ4n) is 2.44. The van der Waals surface area contributed by atoms with Crippen molar-refractivity contribution in [2.45, 2.75) is 32.6 Å². The molecule has 0 amide bonds. The van der Waals surface area contributed by atoms with Gasteiger partial charge in [0.1, 0.15) is 11.5 Å². The topological polar surface area (TPSA) is 26.3 Å². The summed E-state index contributed by atoms with van der Waals surface area (Å²) in [6, 6.07) is 8.15. The van der Waals surface area contributed by atoms with Gasteiger partial charge >= 0.3 is 0 Å². The molecule has 0 bridgehead atoms. The average Bonchev–Trinajstić information content (AvgIpc) is 2.27. The standard InChI is InChI=1S/C14H18O2/c1-3-12-13(9-14(12)15)10-6-5-7-11(8-10)16-4-2/h5-8,12-13H,3-4,9H2,1-2H3. The zero-order valence-corrected chi connectivity index (χ0v) is 9.90. The molecular formula is C14H18O2. The molecular weight excluding hydrogens is 200 g/mol. The second kappa shape index (κ2) is 4.69. The second-order valence-electron chi connectivity index (χ2n) is 4.30. The van der Waals surface area contributed by atoms with E-state index in [4.69, 9.17) is 4.74 Å². The van der Waals surface area contributed by atoms with Crippen molar-refractivity contribution in [3.63, 3.8) is 0 Å². The van der Waals surface area contributed by atoms with Crippen molar-refractivity contribution in [1.29, 1.82) is 0 Å². The molecule has 1 aromatic rings. The molecule has 1 aromatic carbocycles. The summed E-state index contributed by atoms with van der Waals surface area (Å²) in [6.45, 7) is 4.75. The van der Waals surface area contributed by atoms with Crippen LogP contribution >= 0.6 is 0 Å². The maximum atomic E-state index is 11.4. The lowest BCUT2D eigenvalue weighted by Crippen LogP contribution is -2.34. The van der Waals surface area contributed by atoms with Gasteiger partial charge in [-0.15, -0.1) is 0 Å². The van der Waals surface area contributed by atoms with E-state index in [0.717, 1.165) is 12.2 Å². The number of carbonyl (C=O) groups excluding carboxylic acids is 1. The Kier molecular flexibility index (Phi) is 3.28. The fraction of sp³-hybridized carbons (Fsp3) is 0.500. The maximum absolute atomic E-state index is 11.4. The molecule has 2 nitrogen and oxygen atoms in total. The summed E-state index contributed by atoms with van der Waals surface area (Å²) in [4.78, 5) is 11.4.